The number of carbonyl (C=O) groups is 2. The lowest BCUT2D eigenvalue weighted by Gasteiger charge is -2.18. The summed E-state index contributed by atoms with van der Waals surface area (Å²) in [6, 6.07) is 11.0. The van der Waals surface area contributed by atoms with E-state index in [2.05, 4.69) is 21.2 Å². The fourth-order valence-corrected chi connectivity index (χ4v) is 3.50. The van der Waals surface area contributed by atoms with Crippen molar-refractivity contribution < 1.29 is 22.8 Å². The molecular formula is C20H18BrF3N2O2. The maximum atomic E-state index is 13.2. The van der Waals surface area contributed by atoms with Crippen LogP contribution in [0.4, 0.5) is 24.5 Å². The van der Waals surface area contributed by atoms with Crippen molar-refractivity contribution in [1.29, 1.82) is 0 Å². The Labute approximate surface area is 168 Å². The molecule has 0 aromatic heterocycles. The zero-order valence-electron chi connectivity index (χ0n) is 15.0. The second kappa shape index (κ2) is 7.95. The minimum atomic E-state index is -4.61. The molecule has 2 amide bonds. The number of nitrogens with one attached hydrogen (secondary N) is 1. The van der Waals surface area contributed by atoms with E-state index >= 15 is 0 Å². The van der Waals surface area contributed by atoms with E-state index in [9.17, 15) is 22.8 Å². The second-order valence-electron chi connectivity index (χ2n) is 6.60. The van der Waals surface area contributed by atoms with Gasteiger partial charge < -0.3 is 10.2 Å². The van der Waals surface area contributed by atoms with Crippen LogP contribution in [0.1, 0.15) is 24.5 Å². The molecule has 3 rings (SSSR count). The van der Waals surface area contributed by atoms with E-state index in [0.717, 1.165) is 18.1 Å². The van der Waals surface area contributed by atoms with Gasteiger partial charge in [0.15, 0.2) is 0 Å². The smallest absolute Gasteiger partial charge is 0.325 e. The highest BCUT2D eigenvalue weighted by molar-refractivity contribution is 9.10. The third kappa shape index (κ3) is 4.38. The zero-order valence-corrected chi connectivity index (χ0v) is 16.6. The third-order valence-electron chi connectivity index (χ3n) is 4.70. The van der Waals surface area contributed by atoms with Crippen LogP contribution in [0, 0.1) is 5.92 Å². The minimum Gasteiger partial charge on any atom is -0.325 e. The molecule has 148 valence electrons. The van der Waals surface area contributed by atoms with E-state index in [-0.39, 0.29) is 29.0 Å². The number of rotatable bonds is 4. The van der Waals surface area contributed by atoms with Gasteiger partial charge in [0, 0.05) is 23.1 Å². The summed E-state index contributed by atoms with van der Waals surface area (Å²) < 4.78 is 39.9. The van der Waals surface area contributed by atoms with Gasteiger partial charge in [-0.05, 0) is 42.3 Å². The maximum absolute atomic E-state index is 13.2. The van der Waals surface area contributed by atoms with Crippen molar-refractivity contribution in [1.82, 2.24) is 0 Å². The average Bonchev–Trinajstić information content (AvgIpc) is 3.04. The van der Waals surface area contributed by atoms with E-state index in [1.54, 1.807) is 0 Å². The number of halogens is 4. The van der Waals surface area contributed by atoms with Crippen LogP contribution in [0.5, 0.6) is 0 Å². The molecule has 1 heterocycles. The van der Waals surface area contributed by atoms with E-state index in [0.29, 0.717) is 5.69 Å². The third-order valence-corrected chi connectivity index (χ3v) is 5.19. The number of amides is 2. The van der Waals surface area contributed by atoms with E-state index < -0.39 is 23.6 Å². The van der Waals surface area contributed by atoms with Gasteiger partial charge >= 0.3 is 6.18 Å². The van der Waals surface area contributed by atoms with E-state index in [1.807, 2.05) is 31.2 Å². The Morgan fingerprint density at radius 3 is 2.50 bits per heavy atom. The van der Waals surface area contributed by atoms with Gasteiger partial charge in [0.1, 0.15) is 0 Å². The normalized spacial score (nSPS) is 17.1. The molecule has 1 fully saturated rings. The molecule has 0 radical (unpaired) electrons. The highest BCUT2D eigenvalue weighted by Crippen LogP contribution is 2.37. The predicted octanol–water partition coefficient (Wildman–Crippen LogP) is 5.02. The lowest BCUT2D eigenvalue weighted by Crippen LogP contribution is -2.28. The largest absolute Gasteiger partial charge is 0.418 e. The van der Waals surface area contributed by atoms with Crippen LogP contribution in [0.2, 0.25) is 0 Å². The maximum Gasteiger partial charge on any atom is 0.418 e. The molecule has 2 aromatic carbocycles. The molecule has 4 nitrogen and oxygen atoms in total. The SMILES string of the molecule is CCc1ccc(N2C[C@@H](C(=O)Nc3ccc(Br)cc3C(F)(F)F)CC2=O)cc1. The molecule has 1 atom stereocenters. The zero-order chi connectivity index (χ0) is 20.5. The van der Waals surface area contributed by atoms with Crippen LogP contribution in [0.25, 0.3) is 0 Å². The first kappa shape index (κ1) is 20.4. The molecule has 1 N–H and O–H groups in total. The second-order valence-corrected chi connectivity index (χ2v) is 7.52. The number of anilines is 2. The van der Waals surface area contributed by atoms with Gasteiger partial charge in [-0.2, -0.15) is 13.2 Å². The van der Waals surface area contributed by atoms with Crippen molar-refractivity contribution >= 4 is 39.1 Å². The Hall–Kier alpha value is -2.35. The van der Waals surface area contributed by atoms with Gasteiger partial charge in [0.05, 0.1) is 17.2 Å². The van der Waals surface area contributed by atoms with Crippen molar-refractivity contribution in [2.45, 2.75) is 25.9 Å². The fourth-order valence-electron chi connectivity index (χ4n) is 3.14. The Morgan fingerprint density at radius 2 is 1.89 bits per heavy atom. The summed E-state index contributed by atoms with van der Waals surface area (Å²) in [6.45, 7) is 2.15. The highest BCUT2D eigenvalue weighted by atomic mass is 79.9. The topological polar surface area (TPSA) is 49.4 Å². The number of carbonyl (C=O) groups excluding carboxylic acids is 2. The Bertz CT molecular complexity index is 897. The van der Waals surface area contributed by atoms with Crippen molar-refractivity contribution in [2.75, 3.05) is 16.8 Å². The van der Waals surface area contributed by atoms with Gasteiger partial charge in [-0.25, -0.2) is 0 Å². The van der Waals surface area contributed by atoms with Gasteiger partial charge in [0.2, 0.25) is 11.8 Å². The summed E-state index contributed by atoms with van der Waals surface area (Å²) in [5, 5.41) is 2.34. The lowest BCUT2D eigenvalue weighted by atomic mass is 10.1. The molecular weight excluding hydrogens is 437 g/mol. The van der Waals surface area contributed by atoms with Crippen LogP contribution in [-0.4, -0.2) is 18.4 Å². The minimum absolute atomic E-state index is 0.0424. The average molecular weight is 455 g/mol. The number of benzene rings is 2. The first-order chi connectivity index (χ1) is 13.2. The van der Waals surface area contributed by atoms with Crippen molar-refractivity contribution in [2.24, 2.45) is 5.92 Å². The number of nitrogens with zero attached hydrogens (tertiary/aromatic N) is 1. The molecule has 0 bridgehead atoms. The molecule has 8 heteroatoms. The summed E-state index contributed by atoms with van der Waals surface area (Å²) in [5.41, 5.74) is 0.544. The van der Waals surface area contributed by atoms with Gasteiger partial charge in [-0.3, -0.25) is 9.59 Å². The number of hydrogen-bond donors (Lipinski definition) is 1. The van der Waals surface area contributed by atoms with Crippen LogP contribution < -0.4 is 10.2 Å². The quantitative estimate of drug-likeness (QED) is 0.704. The van der Waals surface area contributed by atoms with Crippen LogP contribution in [0.3, 0.4) is 0 Å². The number of aryl methyl sites for hydroxylation is 1. The van der Waals surface area contributed by atoms with Gasteiger partial charge in [-0.15, -0.1) is 0 Å². The molecule has 1 saturated heterocycles. The predicted molar refractivity (Wildman–Crippen MR) is 104 cm³/mol. The Morgan fingerprint density at radius 1 is 1.21 bits per heavy atom. The molecule has 2 aromatic rings. The Balaban J connectivity index is 1.75. The molecule has 0 unspecified atom stereocenters. The molecule has 1 aliphatic rings. The van der Waals surface area contributed by atoms with Crippen LogP contribution in [0.15, 0.2) is 46.9 Å². The first-order valence-corrected chi connectivity index (χ1v) is 9.55. The fraction of sp³-hybridized carbons (Fsp3) is 0.300. The molecule has 0 spiro atoms. The standard InChI is InChI=1S/C20H18BrF3N2O2/c1-2-12-3-6-15(7-4-12)26-11-13(9-18(26)27)19(28)25-17-8-5-14(21)10-16(17)20(22,23)24/h3-8,10,13H,2,9,11H2,1H3,(H,25,28)/t13-/m0/s1. The summed E-state index contributed by atoms with van der Waals surface area (Å²) in [4.78, 5) is 26.4. The van der Waals surface area contributed by atoms with Gasteiger partial charge in [0.25, 0.3) is 0 Å². The number of alkyl halides is 3. The molecule has 28 heavy (non-hydrogen) atoms. The molecule has 0 saturated carbocycles. The van der Waals surface area contributed by atoms with Crippen LogP contribution >= 0.6 is 15.9 Å². The highest BCUT2D eigenvalue weighted by Gasteiger charge is 2.38. The van der Waals surface area contributed by atoms with E-state index in [4.69, 9.17) is 0 Å². The monoisotopic (exact) mass is 454 g/mol. The van der Waals surface area contributed by atoms with Crippen LogP contribution in [-0.2, 0) is 22.2 Å². The summed E-state index contributed by atoms with van der Waals surface area (Å²) >= 11 is 3.01. The van der Waals surface area contributed by atoms with Crippen molar-refractivity contribution in [3.63, 3.8) is 0 Å². The van der Waals surface area contributed by atoms with Gasteiger partial charge in [-0.1, -0.05) is 35.0 Å². The Kier molecular flexibility index (Phi) is 5.79. The van der Waals surface area contributed by atoms with Crippen molar-refractivity contribution in [3.05, 3.63) is 58.1 Å². The first-order valence-electron chi connectivity index (χ1n) is 8.76. The molecule has 1 aliphatic heterocycles. The summed E-state index contributed by atoms with van der Waals surface area (Å²) in [6.07, 6.45) is -3.78. The van der Waals surface area contributed by atoms with E-state index in [1.165, 1.54) is 17.0 Å². The lowest BCUT2D eigenvalue weighted by molar-refractivity contribution is -0.137. The number of hydrogen-bond acceptors (Lipinski definition) is 2. The molecule has 0 aliphatic carbocycles. The van der Waals surface area contributed by atoms with Crippen molar-refractivity contribution in [3.8, 4) is 0 Å². The summed E-state index contributed by atoms with van der Waals surface area (Å²) in [5.74, 6) is -1.55. The summed E-state index contributed by atoms with van der Waals surface area (Å²) in [7, 11) is 0.